The Morgan fingerprint density at radius 3 is 2.74 bits per heavy atom. The van der Waals surface area contributed by atoms with Gasteiger partial charge in [-0.05, 0) is 43.5 Å². The number of piperidine rings is 1. The second-order valence-electron chi connectivity index (χ2n) is 8.96. The second-order valence-corrected chi connectivity index (χ2v) is 9.34. The maximum atomic E-state index is 11.5. The Bertz CT molecular complexity index is 1160. The Labute approximate surface area is 208 Å². The van der Waals surface area contributed by atoms with Gasteiger partial charge in [0.25, 0.3) is 0 Å². The highest BCUT2D eigenvalue weighted by molar-refractivity contribution is 6.29. The Morgan fingerprint density at radius 1 is 1.17 bits per heavy atom. The number of rotatable bonds is 7. The molecule has 184 valence electrons. The number of hydrogen-bond donors (Lipinski definition) is 1. The summed E-state index contributed by atoms with van der Waals surface area (Å²) in [5.74, 6) is 1.80. The number of pyridine rings is 1. The van der Waals surface area contributed by atoms with Crippen molar-refractivity contribution in [2.45, 2.75) is 38.8 Å². The van der Waals surface area contributed by atoms with E-state index in [4.69, 9.17) is 21.1 Å². The molecule has 0 radical (unpaired) electrons. The number of carbonyl (C=O) groups excluding carboxylic acids is 1. The van der Waals surface area contributed by atoms with Crippen molar-refractivity contribution < 1.29 is 14.3 Å². The van der Waals surface area contributed by atoms with Gasteiger partial charge in [0.2, 0.25) is 11.8 Å². The summed E-state index contributed by atoms with van der Waals surface area (Å²) >= 11 is 6.28. The monoisotopic (exact) mass is 497 g/mol. The van der Waals surface area contributed by atoms with Gasteiger partial charge >= 0.3 is 5.97 Å². The highest BCUT2D eigenvalue weighted by Crippen LogP contribution is 2.27. The minimum Gasteiger partial charge on any atom is -0.469 e. The molecule has 0 unspecified atom stereocenters. The molecular weight excluding hydrogens is 470 g/mol. The standard InChI is InChI=1S/C24H28ClN7O3/c1-34-23(33)10-16-2-5-31(6-3-16)13-17-8-21(25)30-22(9-17)35-18-11-26-24(27-12-18)32-7-4-19-20(14-32)29-15-28-19/h8-9,11-12,15-16H,2-7,10,13-14H2,1H3,(H,28,29). The maximum absolute atomic E-state index is 11.5. The van der Waals surface area contributed by atoms with Crippen molar-refractivity contribution in [3.8, 4) is 11.6 Å². The first kappa shape index (κ1) is 23.5. The minimum atomic E-state index is -0.133. The summed E-state index contributed by atoms with van der Waals surface area (Å²) < 4.78 is 10.7. The van der Waals surface area contributed by atoms with Crippen LogP contribution >= 0.6 is 11.6 Å². The molecule has 0 bridgehead atoms. The molecule has 0 atom stereocenters. The number of anilines is 1. The number of fused-ring (bicyclic) bond motifs is 1. The molecule has 0 spiro atoms. The summed E-state index contributed by atoms with van der Waals surface area (Å²) in [4.78, 5) is 36.8. The van der Waals surface area contributed by atoms with Crippen molar-refractivity contribution in [3.63, 3.8) is 0 Å². The number of methoxy groups -OCH3 is 1. The number of imidazole rings is 1. The lowest BCUT2D eigenvalue weighted by atomic mass is 9.93. The van der Waals surface area contributed by atoms with Crippen molar-refractivity contribution in [2.24, 2.45) is 5.92 Å². The van der Waals surface area contributed by atoms with Gasteiger partial charge in [-0.3, -0.25) is 9.69 Å². The molecule has 5 heterocycles. The van der Waals surface area contributed by atoms with Crippen LogP contribution in [0.3, 0.4) is 0 Å². The Morgan fingerprint density at radius 2 is 1.97 bits per heavy atom. The molecule has 2 aliphatic heterocycles. The van der Waals surface area contributed by atoms with E-state index in [1.165, 1.54) is 7.11 Å². The number of halogens is 1. The van der Waals surface area contributed by atoms with E-state index in [1.807, 2.05) is 12.1 Å². The first-order chi connectivity index (χ1) is 17.1. The minimum absolute atomic E-state index is 0.133. The van der Waals surface area contributed by atoms with Gasteiger partial charge in [-0.2, -0.15) is 0 Å². The zero-order chi connectivity index (χ0) is 24.2. The van der Waals surface area contributed by atoms with Gasteiger partial charge in [0.15, 0.2) is 5.75 Å². The van der Waals surface area contributed by atoms with Crippen molar-refractivity contribution >= 4 is 23.5 Å². The number of nitrogens with zero attached hydrogens (tertiary/aromatic N) is 6. The summed E-state index contributed by atoms with van der Waals surface area (Å²) in [5, 5.41) is 0.374. The smallest absolute Gasteiger partial charge is 0.305 e. The summed E-state index contributed by atoms with van der Waals surface area (Å²) in [7, 11) is 1.44. The lowest BCUT2D eigenvalue weighted by Gasteiger charge is -2.31. The van der Waals surface area contributed by atoms with Crippen LogP contribution in [0.5, 0.6) is 11.6 Å². The highest BCUT2D eigenvalue weighted by Gasteiger charge is 2.23. The number of ether oxygens (including phenoxy) is 2. The van der Waals surface area contributed by atoms with Crippen molar-refractivity contribution in [1.82, 2.24) is 29.8 Å². The van der Waals surface area contributed by atoms with Crippen molar-refractivity contribution in [3.05, 3.63) is 53.0 Å². The molecule has 5 rings (SSSR count). The fourth-order valence-corrected chi connectivity index (χ4v) is 4.85. The van der Waals surface area contributed by atoms with Gasteiger partial charge in [-0.25, -0.2) is 19.9 Å². The lowest BCUT2D eigenvalue weighted by molar-refractivity contribution is -0.142. The van der Waals surface area contributed by atoms with E-state index >= 15 is 0 Å². The molecule has 1 N–H and O–H groups in total. The number of likely N-dealkylation sites (tertiary alicyclic amines) is 1. The third-order valence-corrected chi connectivity index (χ3v) is 6.72. The number of carbonyl (C=O) groups is 1. The molecule has 0 aromatic carbocycles. The summed E-state index contributed by atoms with van der Waals surface area (Å²) in [6, 6.07) is 3.75. The molecule has 3 aromatic rings. The van der Waals surface area contributed by atoms with Crippen LogP contribution in [0.4, 0.5) is 5.95 Å². The summed E-state index contributed by atoms with van der Waals surface area (Å²) in [5.41, 5.74) is 3.23. The van der Waals surface area contributed by atoms with Gasteiger partial charge in [-0.1, -0.05) is 11.6 Å². The van der Waals surface area contributed by atoms with Crippen LogP contribution in [-0.4, -0.2) is 62.5 Å². The van der Waals surface area contributed by atoms with E-state index in [0.29, 0.717) is 41.6 Å². The van der Waals surface area contributed by atoms with E-state index in [2.05, 4.69) is 34.7 Å². The van der Waals surface area contributed by atoms with Crippen LogP contribution in [0.15, 0.2) is 30.9 Å². The number of hydrogen-bond acceptors (Lipinski definition) is 9. The first-order valence-corrected chi connectivity index (χ1v) is 12.1. The maximum Gasteiger partial charge on any atom is 0.305 e. The zero-order valence-electron chi connectivity index (χ0n) is 19.6. The number of aromatic nitrogens is 5. The van der Waals surface area contributed by atoms with Crippen LogP contribution in [0.1, 0.15) is 36.2 Å². The van der Waals surface area contributed by atoms with E-state index in [1.54, 1.807) is 18.7 Å². The predicted molar refractivity (Wildman–Crippen MR) is 129 cm³/mol. The fourth-order valence-electron chi connectivity index (χ4n) is 4.62. The predicted octanol–water partition coefficient (Wildman–Crippen LogP) is 3.38. The van der Waals surface area contributed by atoms with Crippen LogP contribution in [0.2, 0.25) is 5.15 Å². The van der Waals surface area contributed by atoms with E-state index in [-0.39, 0.29) is 5.97 Å². The average molecular weight is 498 g/mol. The van der Waals surface area contributed by atoms with Crippen LogP contribution in [0, 0.1) is 5.92 Å². The molecule has 0 aliphatic carbocycles. The second kappa shape index (κ2) is 10.6. The van der Waals surface area contributed by atoms with Gasteiger partial charge in [0.05, 0.1) is 43.8 Å². The molecule has 35 heavy (non-hydrogen) atoms. The normalized spacial score (nSPS) is 16.7. The topological polar surface area (TPSA) is 109 Å². The van der Waals surface area contributed by atoms with Crippen LogP contribution in [-0.2, 0) is 29.0 Å². The molecule has 1 saturated heterocycles. The Balaban J connectivity index is 1.18. The molecule has 2 aliphatic rings. The first-order valence-electron chi connectivity index (χ1n) is 11.8. The number of esters is 1. The number of nitrogens with one attached hydrogen (secondary N) is 1. The Hall–Kier alpha value is -3.24. The van der Waals surface area contributed by atoms with Gasteiger partial charge in [0, 0.05) is 32.0 Å². The zero-order valence-corrected chi connectivity index (χ0v) is 20.4. The van der Waals surface area contributed by atoms with E-state index in [9.17, 15) is 4.79 Å². The van der Waals surface area contributed by atoms with Gasteiger partial charge in [-0.15, -0.1) is 0 Å². The highest BCUT2D eigenvalue weighted by atomic mass is 35.5. The third-order valence-electron chi connectivity index (χ3n) is 6.52. The largest absolute Gasteiger partial charge is 0.469 e. The van der Waals surface area contributed by atoms with Crippen molar-refractivity contribution in [1.29, 1.82) is 0 Å². The number of aromatic amines is 1. The Kier molecular flexibility index (Phi) is 7.10. The average Bonchev–Trinajstić information content (AvgIpc) is 3.33. The van der Waals surface area contributed by atoms with E-state index in [0.717, 1.165) is 62.4 Å². The van der Waals surface area contributed by atoms with Crippen molar-refractivity contribution in [2.75, 3.05) is 31.6 Å². The molecule has 0 amide bonds. The van der Waals surface area contributed by atoms with E-state index < -0.39 is 0 Å². The quantitative estimate of drug-likeness (QED) is 0.388. The third kappa shape index (κ3) is 5.88. The summed E-state index contributed by atoms with van der Waals surface area (Å²) in [6.45, 7) is 4.10. The van der Waals surface area contributed by atoms with Crippen LogP contribution < -0.4 is 9.64 Å². The molecular formula is C24H28ClN7O3. The molecule has 0 saturated carbocycles. The van der Waals surface area contributed by atoms with Crippen LogP contribution in [0.25, 0.3) is 0 Å². The van der Waals surface area contributed by atoms with Gasteiger partial charge in [0.1, 0.15) is 5.15 Å². The fraction of sp³-hybridized carbons (Fsp3) is 0.458. The summed E-state index contributed by atoms with van der Waals surface area (Å²) in [6.07, 6.45) is 8.33. The molecule has 1 fully saturated rings. The molecule has 11 heteroatoms. The molecule has 3 aromatic heterocycles. The van der Waals surface area contributed by atoms with Gasteiger partial charge < -0.3 is 19.4 Å². The molecule has 10 nitrogen and oxygen atoms in total. The number of H-pyrrole nitrogens is 1. The lowest BCUT2D eigenvalue weighted by Crippen LogP contribution is -2.34. The SMILES string of the molecule is COC(=O)CC1CCN(Cc2cc(Cl)nc(Oc3cnc(N4CCc5nc[nH]c5C4)nc3)c2)CC1.